The van der Waals surface area contributed by atoms with Crippen LogP contribution in [0.3, 0.4) is 0 Å². The first kappa shape index (κ1) is 14.3. The number of aromatic nitrogens is 2. The van der Waals surface area contributed by atoms with Crippen LogP contribution in [0.2, 0.25) is 0 Å². The molecule has 108 valence electrons. The van der Waals surface area contributed by atoms with Gasteiger partial charge in [-0.05, 0) is 31.2 Å². The van der Waals surface area contributed by atoms with E-state index in [-0.39, 0.29) is 0 Å². The second kappa shape index (κ2) is 6.91. The SMILES string of the molecule is CCCNCc1nc(-c2ccc(OC)c(OC)c2)no1. The first-order chi connectivity index (χ1) is 9.78. The van der Waals surface area contributed by atoms with Crippen LogP contribution in [0.15, 0.2) is 22.7 Å². The molecule has 6 heteroatoms. The molecule has 0 aliphatic rings. The molecule has 0 amide bonds. The number of nitrogens with one attached hydrogen (secondary N) is 1. The fraction of sp³-hybridized carbons (Fsp3) is 0.429. The van der Waals surface area contributed by atoms with Crippen LogP contribution in [-0.2, 0) is 6.54 Å². The second-order valence-electron chi connectivity index (χ2n) is 4.26. The number of ether oxygens (including phenoxy) is 2. The van der Waals surface area contributed by atoms with Gasteiger partial charge in [-0.3, -0.25) is 0 Å². The maximum atomic E-state index is 5.26. The lowest BCUT2D eigenvalue weighted by Gasteiger charge is -2.07. The van der Waals surface area contributed by atoms with Gasteiger partial charge in [0.15, 0.2) is 11.5 Å². The molecule has 0 unspecified atom stereocenters. The molecule has 2 rings (SSSR count). The zero-order valence-electron chi connectivity index (χ0n) is 12.0. The third-order valence-electron chi connectivity index (χ3n) is 2.81. The molecule has 0 aliphatic heterocycles. The van der Waals surface area contributed by atoms with E-state index >= 15 is 0 Å². The Kier molecular flexibility index (Phi) is 4.95. The van der Waals surface area contributed by atoms with Crippen LogP contribution >= 0.6 is 0 Å². The van der Waals surface area contributed by atoms with E-state index in [1.807, 2.05) is 18.2 Å². The predicted octanol–water partition coefficient (Wildman–Crippen LogP) is 2.25. The van der Waals surface area contributed by atoms with E-state index in [4.69, 9.17) is 14.0 Å². The van der Waals surface area contributed by atoms with Gasteiger partial charge < -0.3 is 19.3 Å². The molecule has 1 N–H and O–H groups in total. The number of benzene rings is 1. The molecule has 6 nitrogen and oxygen atoms in total. The molecule has 2 aromatic rings. The van der Waals surface area contributed by atoms with E-state index < -0.39 is 0 Å². The molecule has 20 heavy (non-hydrogen) atoms. The monoisotopic (exact) mass is 277 g/mol. The highest BCUT2D eigenvalue weighted by Crippen LogP contribution is 2.31. The summed E-state index contributed by atoms with van der Waals surface area (Å²) in [5, 5.41) is 7.19. The predicted molar refractivity (Wildman–Crippen MR) is 74.8 cm³/mol. The number of hydrogen-bond acceptors (Lipinski definition) is 6. The summed E-state index contributed by atoms with van der Waals surface area (Å²) in [6.45, 7) is 3.61. The van der Waals surface area contributed by atoms with E-state index in [0.29, 0.717) is 29.8 Å². The van der Waals surface area contributed by atoms with Gasteiger partial charge in [-0.2, -0.15) is 4.98 Å². The van der Waals surface area contributed by atoms with Crippen LogP contribution in [0.4, 0.5) is 0 Å². The Hall–Kier alpha value is -2.08. The molecule has 0 saturated heterocycles. The van der Waals surface area contributed by atoms with Gasteiger partial charge in [0.2, 0.25) is 11.7 Å². The molecule has 0 atom stereocenters. The van der Waals surface area contributed by atoms with Crippen molar-refractivity contribution in [2.24, 2.45) is 0 Å². The summed E-state index contributed by atoms with van der Waals surface area (Å²) in [6.07, 6.45) is 1.07. The van der Waals surface area contributed by atoms with Crippen LogP contribution < -0.4 is 14.8 Å². The highest BCUT2D eigenvalue weighted by molar-refractivity contribution is 5.60. The summed E-state index contributed by atoms with van der Waals surface area (Å²) in [5.41, 5.74) is 0.827. The molecule has 1 heterocycles. The van der Waals surface area contributed by atoms with Gasteiger partial charge >= 0.3 is 0 Å². The van der Waals surface area contributed by atoms with Crippen LogP contribution in [0.1, 0.15) is 19.2 Å². The molecule has 0 bridgehead atoms. The standard InChI is InChI=1S/C14H19N3O3/c1-4-7-15-9-13-16-14(17-20-13)10-5-6-11(18-2)12(8-10)19-3/h5-6,8,15H,4,7,9H2,1-3H3. The Bertz CT molecular complexity index is 554. The van der Waals surface area contributed by atoms with E-state index in [1.165, 1.54) is 0 Å². The summed E-state index contributed by atoms with van der Waals surface area (Å²) < 4.78 is 15.7. The lowest BCUT2D eigenvalue weighted by atomic mass is 10.2. The lowest BCUT2D eigenvalue weighted by Crippen LogP contribution is -2.13. The van der Waals surface area contributed by atoms with E-state index in [1.54, 1.807) is 14.2 Å². The topological polar surface area (TPSA) is 69.4 Å². The first-order valence-electron chi connectivity index (χ1n) is 6.54. The zero-order valence-corrected chi connectivity index (χ0v) is 12.0. The Morgan fingerprint density at radius 1 is 1.20 bits per heavy atom. The van der Waals surface area contributed by atoms with Crippen molar-refractivity contribution in [3.8, 4) is 22.9 Å². The van der Waals surface area contributed by atoms with Crippen LogP contribution in [0, 0.1) is 0 Å². The first-order valence-corrected chi connectivity index (χ1v) is 6.54. The summed E-state index contributed by atoms with van der Waals surface area (Å²) >= 11 is 0. The Balaban J connectivity index is 2.15. The van der Waals surface area contributed by atoms with Crippen molar-refractivity contribution < 1.29 is 14.0 Å². The highest BCUT2D eigenvalue weighted by atomic mass is 16.5. The molecule has 1 aromatic carbocycles. The molecule has 0 radical (unpaired) electrons. The summed E-state index contributed by atoms with van der Waals surface area (Å²) in [7, 11) is 3.20. The normalized spacial score (nSPS) is 10.6. The summed E-state index contributed by atoms with van der Waals surface area (Å²) in [6, 6.07) is 5.52. The summed E-state index contributed by atoms with van der Waals surface area (Å²) in [4.78, 5) is 4.35. The minimum absolute atomic E-state index is 0.541. The second-order valence-corrected chi connectivity index (χ2v) is 4.26. The van der Waals surface area contributed by atoms with Crippen molar-refractivity contribution >= 4 is 0 Å². The van der Waals surface area contributed by atoms with Gasteiger partial charge in [-0.25, -0.2) is 0 Å². The van der Waals surface area contributed by atoms with E-state index in [9.17, 15) is 0 Å². The molecule has 1 aromatic heterocycles. The van der Waals surface area contributed by atoms with Gasteiger partial charge in [0.25, 0.3) is 0 Å². The van der Waals surface area contributed by atoms with Crippen molar-refractivity contribution in [2.45, 2.75) is 19.9 Å². The Morgan fingerprint density at radius 3 is 2.70 bits per heavy atom. The smallest absolute Gasteiger partial charge is 0.240 e. The number of hydrogen-bond donors (Lipinski definition) is 1. The van der Waals surface area contributed by atoms with Gasteiger partial charge in [0.05, 0.1) is 20.8 Å². The molecule has 0 aliphatic carbocycles. The van der Waals surface area contributed by atoms with Gasteiger partial charge in [-0.1, -0.05) is 12.1 Å². The van der Waals surface area contributed by atoms with Crippen molar-refractivity contribution in [1.82, 2.24) is 15.5 Å². The molecule has 0 saturated carbocycles. The fourth-order valence-electron chi connectivity index (χ4n) is 1.79. The van der Waals surface area contributed by atoms with Crippen LogP contribution in [-0.4, -0.2) is 30.9 Å². The maximum absolute atomic E-state index is 5.26. The number of methoxy groups -OCH3 is 2. The average Bonchev–Trinajstić information content (AvgIpc) is 2.95. The van der Waals surface area contributed by atoms with Crippen LogP contribution in [0.5, 0.6) is 11.5 Å². The Labute approximate surface area is 118 Å². The third kappa shape index (κ3) is 3.27. The molecule has 0 fully saturated rings. The van der Waals surface area contributed by atoms with E-state index in [2.05, 4.69) is 22.4 Å². The minimum atomic E-state index is 0.541. The van der Waals surface area contributed by atoms with E-state index in [0.717, 1.165) is 18.5 Å². The molecular weight excluding hydrogens is 258 g/mol. The quantitative estimate of drug-likeness (QED) is 0.783. The summed E-state index contributed by atoms with van der Waals surface area (Å²) in [5.74, 6) is 2.42. The molecule has 0 spiro atoms. The van der Waals surface area contributed by atoms with Gasteiger partial charge in [0, 0.05) is 5.56 Å². The van der Waals surface area contributed by atoms with Crippen molar-refractivity contribution in [3.63, 3.8) is 0 Å². The third-order valence-corrected chi connectivity index (χ3v) is 2.81. The largest absolute Gasteiger partial charge is 0.493 e. The Morgan fingerprint density at radius 2 is 2.00 bits per heavy atom. The van der Waals surface area contributed by atoms with Crippen LogP contribution in [0.25, 0.3) is 11.4 Å². The van der Waals surface area contributed by atoms with Gasteiger partial charge in [-0.15, -0.1) is 0 Å². The maximum Gasteiger partial charge on any atom is 0.240 e. The number of rotatable bonds is 7. The van der Waals surface area contributed by atoms with Gasteiger partial charge in [0.1, 0.15) is 0 Å². The zero-order chi connectivity index (χ0) is 14.4. The van der Waals surface area contributed by atoms with Crippen molar-refractivity contribution in [3.05, 3.63) is 24.1 Å². The number of nitrogens with zero attached hydrogens (tertiary/aromatic N) is 2. The molecular formula is C14H19N3O3. The van der Waals surface area contributed by atoms with Crippen molar-refractivity contribution in [1.29, 1.82) is 0 Å². The lowest BCUT2D eigenvalue weighted by molar-refractivity contribution is 0.355. The fourth-order valence-corrected chi connectivity index (χ4v) is 1.79. The van der Waals surface area contributed by atoms with Crippen molar-refractivity contribution in [2.75, 3.05) is 20.8 Å². The minimum Gasteiger partial charge on any atom is -0.493 e. The highest BCUT2D eigenvalue weighted by Gasteiger charge is 2.11. The average molecular weight is 277 g/mol.